The van der Waals surface area contributed by atoms with Gasteiger partial charge < -0.3 is 28.4 Å². The molecular formula is C32H40O8. The monoisotopic (exact) mass is 552 g/mol. The minimum Gasteiger partial charge on any atom is -0.490 e. The van der Waals surface area contributed by atoms with E-state index in [0.717, 1.165) is 55.4 Å². The Morgan fingerprint density at radius 2 is 1.02 bits per heavy atom. The Labute approximate surface area is 236 Å². The number of rotatable bonds is 14. The standard InChI is InChI=1S/C32H40O8/c1-7-26(33)39-24-18-16-22(28(35-9-3)30(24)37-11-5)32(20-14-13-15-21-32)23-17-19-25(40-27(34)8-2)31(38-12-6)29(23)36-10-4/h7-8,16-19H,1-2,9-15,20-21H2,3-6H3. The molecule has 0 amide bonds. The summed E-state index contributed by atoms with van der Waals surface area (Å²) in [4.78, 5) is 24.2. The molecule has 216 valence electrons. The summed E-state index contributed by atoms with van der Waals surface area (Å²) in [6, 6.07) is 7.35. The summed E-state index contributed by atoms with van der Waals surface area (Å²) < 4.78 is 35.6. The Balaban J connectivity index is 2.36. The number of carbonyl (C=O) groups is 2. The summed E-state index contributed by atoms with van der Waals surface area (Å²) in [5, 5.41) is 0. The molecule has 0 spiro atoms. The molecule has 1 saturated carbocycles. The molecule has 0 aliphatic heterocycles. The fourth-order valence-corrected chi connectivity index (χ4v) is 5.28. The van der Waals surface area contributed by atoms with Gasteiger partial charge in [0, 0.05) is 28.7 Å². The first-order chi connectivity index (χ1) is 19.4. The minimum atomic E-state index is -0.590. The second-order valence-electron chi connectivity index (χ2n) is 9.16. The smallest absolute Gasteiger partial charge is 0.335 e. The lowest BCUT2D eigenvalue weighted by Gasteiger charge is -2.41. The maximum absolute atomic E-state index is 12.1. The van der Waals surface area contributed by atoms with Crippen LogP contribution in [-0.4, -0.2) is 38.4 Å². The summed E-state index contributed by atoms with van der Waals surface area (Å²) in [6.07, 6.45) is 6.88. The van der Waals surface area contributed by atoms with Gasteiger partial charge in [0.1, 0.15) is 0 Å². The molecule has 0 saturated heterocycles. The molecule has 0 atom stereocenters. The molecule has 0 radical (unpaired) electrons. The predicted molar refractivity (Wildman–Crippen MR) is 153 cm³/mol. The number of carbonyl (C=O) groups excluding carboxylic acids is 2. The normalized spacial score (nSPS) is 14.0. The van der Waals surface area contributed by atoms with Crippen LogP contribution in [0.5, 0.6) is 34.5 Å². The third kappa shape index (κ3) is 6.43. The SMILES string of the molecule is C=CC(=O)Oc1ccc(C2(c3ccc(OC(=O)C=C)c(OCC)c3OCC)CCCCC2)c(OCC)c1OCC. The molecule has 1 fully saturated rings. The van der Waals surface area contributed by atoms with Crippen molar-refractivity contribution in [2.24, 2.45) is 0 Å². The van der Waals surface area contributed by atoms with E-state index < -0.39 is 17.4 Å². The lowest BCUT2D eigenvalue weighted by Crippen LogP contribution is -2.32. The zero-order valence-corrected chi connectivity index (χ0v) is 24.0. The van der Waals surface area contributed by atoms with Gasteiger partial charge >= 0.3 is 11.9 Å². The molecule has 0 N–H and O–H groups in total. The fraction of sp³-hybridized carbons (Fsp3) is 0.438. The molecule has 0 unspecified atom stereocenters. The van der Waals surface area contributed by atoms with E-state index in [4.69, 9.17) is 28.4 Å². The van der Waals surface area contributed by atoms with Gasteiger partial charge in [0.2, 0.25) is 11.5 Å². The topological polar surface area (TPSA) is 89.5 Å². The number of esters is 2. The first-order valence-corrected chi connectivity index (χ1v) is 13.9. The van der Waals surface area contributed by atoms with Crippen molar-refractivity contribution in [3.05, 3.63) is 60.7 Å². The Kier molecular flexibility index (Phi) is 11.1. The van der Waals surface area contributed by atoms with Gasteiger partial charge in [-0.3, -0.25) is 0 Å². The third-order valence-corrected chi connectivity index (χ3v) is 6.80. The highest BCUT2D eigenvalue weighted by molar-refractivity contribution is 5.85. The number of hydrogen-bond donors (Lipinski definition) is 0. The van der Waals surface area contributed by atoms with Crippen molar-refractivity contribution in [1.82, 2.24) is 0 Å². The highest BCUT2D eigenvalue weighted by Crippen LogP contribution is 2.57. The van der Waals surface area contributed by atoms with Crippen LogP contribution in [0.4, 0.5) is 0 Å². The van der Waals surface area contributed by atoms with Crippen LogP contribution in [0.25, 0.3) is 0 Å². The molecule has 2 aromatic rings. The van der Waals surface area contributed by atoms with Crippen LogP contribution in [0, 0.1) is 0 Å². The van der Waals surface area contributed by atoms with Crippen molar-refractivity contribution in [2.75, 3.05) is 26.4 Å². The third-order valence-electron chi connectivity index (χ3n) is 6.80. The van der Waals surface area contributed by atoms with Gasteiger partial charge in [0.15, 0.2) is 23.0 Å². The van der Waals surface area contributed by atoms with E-state index in [2.05, 4.69) is 13.2 Å². The van der Waals surface area contributed by atoms with E-state index in [9.17, 15) is 9.59 Å². The zero-order chi connectivity index (χ0) is 29.1. The van der Waals surface area contributed by atoms with Gasteiger partial charge in [-0.1, -0.05) is 44.6 Å². The molecular weight excluding hydrogens is 512 g/mol. The first kappa shape index (κ1) is 30.6. The second kappa shape index (κ2) is 14.4. The number of hydrogen-bond acceptors (Lipinski definition) is 8. The van der Waals surface area contributed by atoms with E-state index in [0.29, 0.717) is 49.4 Å². The molecule has 0 aromatic heterocycles. The van der Waals surface area contributed by atoms with Crippen LogP contribution < -0.4 is 28.4 Å². The van der Waals surface area contributed by atoms with E-state index in [1.807, 2.05) is 39.8 Å². The van der Waals surface area contributed by atoms with E-state index >= 15 is 0 Å². The maximum atomic E-state index is 12.1. The van der Waals surface area contributed by atoms with Crippen LogP contribution in [0.15, 0.2) is 49.6 Å². The van der Waals surface area contributed by atoms with Gasteiger partial charge in [0.25, 0.3) is 0 Å². The largest absolute Gasteiger partial charge is 0.490 e. The van der Waals surface area contributed by atoms with E-state index in [1.165, 1.54) is 0 Å². The Bertz CT molecular complexity index is 1120. The molecule has 1 aliphatic rings. The highest BCUT2D eigenvalue weighted by Gasteiger charge is 2.43. The molecule has 8 nitrogen and oxygen atoms in total. The lowest BCUT2D eigenvalue weighted by molar-refractivity contribution is -0.130. The van der Waals surface area contributed by atoms with Gasteiger partial charge in [-0.15, -0.1) is 0 Å². The average molecular weight is 553 g/mol. The summed E-state index contributed by atoms with van der Waals surface area (Å²) in [6.45, 7) is 16.0. The van der Waals surface area contributed by atoms with Gasteiger partial charge in [-0.05, 0) is 52.7 Å². The van der Waals surface area contributed by atoms with Crippen molar-refractivity contribution in [2.45, 2.75) is 65.2 Å². The van der Waals surface area contributed by atoms with Crippen molar-refractivity contribution < 1.29 is 38.0 Å². The Morgan fingerprint density at radius 3 is 1.38 bits per heavy atom. The van der Waals surface area contributed by atoms with Crippen LogP contribution in [-0.2, 0) is 15.0 Å². The summed E-state index contributed by atoms with van der Waals surface area (Å²) in [7, 11) is 0. The lowest BCUT2D eigenvalue weighted by atomic mass is 9.64. The summed E-state index contributed by atoms with van der Waals surface area (Å²) in [5.74, 6) is 1.10. The Morgan fingerprint density at radius 1 is 0.650 bits per heavy atom. The molecule has 1 aliphatic carbocycles. The van der Waals surface area contributed by atoms with Crippen LogP contribution in [0.2, 0.25) is 0 Å². The van der Waals surface area contributed by atoms with Crippen LogP contribution >= 0.6 is 0 Å². The first-order valence-electron chi connectivity index (χ1n) is 13.9. The molecule has 0 bridgehead atoms. The minimum absolute atomic E-state index is 0.261. The maximum Gasteiger partial charge on any atom is 0.335 e. The zero-order valence-electron chi connectivity index (χ0n) is 24.0. The molecule has 40 heavy (non-hydrogen) atoms. The molecule has 2 aromatic carbocycles. The van der Waals surface area contributed by atoms with Crippen molar-refractivity contribution >= 4 is 11.9 Å². The van der Waals surface area contributed by atoms with E-state index in [-0.39, 0.29) is 11.5 Å². The molecule has 3 rings (SSSR count). The molecule has 0 heterocycles. The van der Waals surface area contributed by atoms with Gasteiger partial charge in [-0.25, -0.2) is 9.59 Å². The van der Waals surface area contributed by atoms with Crippen molar-refractivity contribution in [1.29, 1.82) is 0 Å². The van der Waals surface area contributed by atoms with Crippen molar-refractivity contribution in [3.63, 3.8) is 0 Å². The van der Waals surface area contributed by atoms with Gasteiger partial charge in [0.05, 0.1) is 26.4 Å². The fourth-order valence-electron chi connectivity index (χ4n) is 5.28. The van der Waals surface area contributed by atoms with Crippen LogP contribution in [0.3, 0.4) is 0 Å². The molecule has 8 heteroatoms. The number of benzene rings is 2. The van der Waals surface area contributed by atoms with Gasteiger partial charge in [-0.2, -0.15) is 0 Å². The van der Waals surface area contributed by atoms with Crippen molar-refractivity contribution in [3.8, 4) is 34.5 Å². The van der Waals surface area contributed by atoms with Crippen LogP contribution in [0.1, 0.15) is 70.9 Å². The summed E-state index contributed by atoms with van der Waals surface area (Å²) in [5.41, 5.74) is 1.25. The summed E-state index contributed by atoms with van der Waals surface area (Å²) >= 11 is 0. The number of ether oxygens (including phenoxy) is 6. The highest BCUT2D eigenvalue weighted by atomic mass is 16.6. The predicted octanol–water partition coefficient (Wildman–Crippen LogP) is 6.71. The quantitative estimate of drug-likeness (QED) is 0.145. The van der Waals surface area contributed by atoms with E-state index in [1.54, 1.807) is 12.1 Å². The second-order valence-corrected chi connectivity index (χ2v) is 9.16. The average Bonchev–Trinajstić information content (AvgIpc) is 2.96. The Hall–Kier alpha value is -3.94.